The standard InChI is InChI=1S/C11H22N2O3/c1-8(2)7-9(13(3)4)11(16)12-6-5-10(14)15/h8-9H,5-7H2,1-4H3,(H,12,16)(H,14,15). The van der Waals surface area contributed by atoms with E-state index in [9.17, 15) is 9.59 Å². The zero-order chi connectivity index (χ0) is 12.7. The summed E-state index contributed by atoms with van der Waals surface area (Å²) >= 11 is 0. The maximum Gasteiger partial charge on any atom is 0.305 e. The number of carbonyl (C=O) groups is 2. The largest absolute Gasteiger partial charge is 0.481 e. The maximum atomic E-state index is 11.8. The summed E-state index contributed by atoms with van der Waals surface area (Å²) in [5.41, 5.74) is 0. The van der Waals surface area contributed by atoms with E-state index < -0.39 is 5.97 Å². The zero-order valence-corrected chi connectivity index (χ0v) is 10.5. The quantitative estimate of drug-likeness (QED) is 0.670. The molecule has 0 rings (SSSR count). The van der Waals surface area contributed by atoms with Crippen molar-refractivity contribution in [1.82, 2.24) is 10.2 Å². The molecular weight excluding hydrogens is 208 g/mol. The van der Waals surface area contributed by atoms with Crippen molar-refractivity contribution in [1.29, 1.82) is 0 Å². The molecule has 0 aliphatic heterocycles. The first-order valence-corrected chi connectivity index (χ1v) is 5.50. The number of nitrogens with zero attached hydrogens (tertiary/aromatic N) is 1. The Labute approximate surface area is 96.8 Å². The number of carboxylic acid groups (broad SMARTS) is 1. The number of carbonyl (C=O) groups excluding carboxylic acids is 1. The van der Waals surface area contributed by atoms with Crippen LogP contribution in [0.4, 0.5) is 0 Å². The molecule has 0 saturated carbocycles. The van der Waals surface area contributed by atoms with Crippen molar-refractivity contribution < 1.29 is 14.7 Å². The normalized spacial score (nSPS) is 12.9. The zero-order valence-electron chi connectivity index (χ0n) is 10.5. The molecule has 5 heteroatoms. The fourth-order valence-corrected chi connectivity index (χ4v) is 1.41. The number of aliphatic carboxylic acids is 1. The molecule has 0 aliphatic carbocycles. The molecule has 94 valence electrons. The minimum absolute atomic E-state index is 0.0342. The highest BCUT2D eigenvalue weighted by Crippen LogP contribution is 2.08. The molecule has 1 unspecified atom stereocenters. The van der Waals surface area contributed by atoms with Gasteiger partial charge >= 0.3 is 5.97 Å². The molecule has 0 aliphatic rings. The summed E-state index contributed by atoms with van der Waals surface area (Å²) in [7, 11) is 3.70. The number of hydrogen-bond acceptors (Lipinski definition) is 3. The molecule has 0 aromatic carbocycles. The highest BCUT2D eigenvalue weighted by atomic mass is 16.4. The molecular formula is C11H22N2O3. The number of likely N-dealkylation sites (N-methyl/N-ethyl adjacent to an activating group) is 1. The molecule has 1 atom stereocenters. The van der Waals surface area contributed by atoms with E-state index in [1.54, 1.807) is 0 Å². The lowest BCUT2D eigenvalue weighted by Gasteiger charge is -2.24. The molecule has 0 bridgehead atoms. The summed E-state index contributed by atoms with van der Waals surface area (Å²) < 4.78 is 0. The van der Waals surface area contributed by atoms with Gasteiger partial charge in [-0.3, -0.25) is 14.5 Å². The average molecular weight is 230 g/mol. The van der Waals surface area contributed by atoms with Crippen molar-refractivity contribution in [3.8, 4) is 0 Å². The topological polar surface area (TPSA) is 69.6 Å². The van der Waals surface area contributed by atoms with E-state index in [1.165, 1.54) is 0 Å². The predicted molar refractivity (Wildman–Crippen MR) is 62.2 cm³/mol. The first kappa shape index (κ1) is 14.9. The van der Waals surface area contributed by atoms with Crippen LogP contribution < -0.4 is 5.32 Å². The molecule has 0 aromatic heterocycles. The van der Waals surface area contributed by atoms with Crippen LogP contribution >= 0.6 is 0 Å². The van der Waals surface area contributed by atoms with Gasteiger partial charge in [0.1, 0.15) is 0 Å². The lowest BCUT2D eigenvalue weighted by Crippen LogP contribution is -2.44. The Hall–Kier alpha value is -1.10. The summed E-state index contributed by atoms with van der Waals surface area (Å²) in [6.45, 7) is 4.30. The van der Waals surface area contributed by atoms with E-state index in [4.69, 9.17) is 5.11 Å². The van der Waals surface area contributed by atoms with Gasteiger partial charge in [-0.1, -0.05) is 13.8 Å². The van der Waals surface area contributed by atoms with Crippen LogP contribution in [0.3, 0.4) is 0 Å². The van der Waals surface area contributed by atoms with Crippen molar-refractivity contribution in [3.63, 3.8) is 0 Å². The summed E-state index contributed by atoms with van der Waals surface area (Å²) in [6, 6.07) is -0.186. The van der Waals surface area contributed by atoms with Crippen LogP contribution in [0.5, 0.6) is 0 Å². The summed E-state index contributed by atoms with van der Waals surface area (Å²) in [4.78, 5) is 23.9. The van der Waals surface area contributed by atoms with Crippen LogP contribution in [0.25, 0.3) is 0 Å². The highest BCUT2D eigenvalue weighted by Gasteiger charge is 2.21. The fourth-order valence-electron chi connectivity index (χ4n) is 1.41. The van der Waals surface area contributed by atoms with Crippen molar-refractivity contribution in [2.45, 2.75) is 32.7 Å². The van der Waals surface area contributed by atoms with Gasteiger partial charge in [0.2, 0.25) is 5.91 Å². The van der Waals surface area contributed by atoms with Crippen LogP contribution in [0.1, 0.15) is 26.7 Å². The van der Waals surface area contributed by atoms with Gasteiger partial charge in [-0.2, -0.15) is 0 Å². The van der Waals surface area contributed by atoms with Crippen molar-refractivity contribution in [2.24, 2.45) is 5.92 Å². The molecule has 5 nitrogen and oxygen atoms in total. The third-order valence-corrected chi connectivity index (χ3v) is 2.26. The molecule has 0 saturated heterocycles. The molecule has 2 N–H and O–H groups in total. The third kappa shape index (κ3) is 6.40. The van der Waals surface area contributed by atoms with Gasteiger partial charge in [0.15, 0.2) is 0 Å². The molecule has 0 heterocycles. The number of amides is 1. The molecule has 0 fully saturated rings. The molecule has 0 radical (unpaired) electrons. The second kappa shape index (κ2) is 7.22. The predicted octanol–water partition coefficient (Wildman–Crippen LogP) is 0.554. The highest BCUT2D eigenvalue weighted by molar-refractivity contribution is 5.82. The lowest BCUT2D eigenvalue weighted by molar-refractivity contribution is -0.137. The van der Waals surface area contributed by atoms with E-state index in [-0.39, 0.29) is 24.9 Å². The summed E-state index contributed by atoms with van der Waals surface area (Å²) in [5, 5.41) is 11.1. The van der Waals surface area contributed by atoms with E-state index in [0.29, 0.717) is 5.92 Å². The Kier molecular flexibility index (Phi) is 6.72. The first-order valence-electron chi connectivity index (χ1n) is 5.50. The summed E-state index contributed by atoms with van der Waals surface area (Å²) in [5.74, 6) is -0.567. The van der Waals surface area contributed by atoms with Gasteiger partial charge in [-0.25, -0.2) is 0 Å². The Morgan fingerprint density at radius 3 is 2.25 bits per heavy atom. The van der Waals surface area contributed by atoms with E-state index >= 15 is 0 Å². The number of carboxylic acids is 1. The third-order valence-electron chi connectivity index (χ3n) is 2.26. The molecule has 0 aromatic rings. The first-order chi connectivity index (χ1) is 7.34. The van der Waals surface area contributed by atoms with E-state index in [0.717, 1.165) is 6.42 Å². The Bertz CT molecular complexity index is 239. The molecule has 1 amide bonds. The van der Waals surface area contributed by atoms with Crippen LogP contribution in [-0.2, 0) is 9.59 Å². The molecule has 16 heavy (non-hydrogen) atoms. The van der Waals surface area contributed by atoms with Crippen LogP contribution in [0, 0.1) is 5.92 Å². The number of hydrogen-bond donors (Lipinski definition) is 2. The minimum atomic E-state index is -0.898. The van der Waals surface area contributed by atoms with Gasteiger partial charge in [-0.15, -0.1) is 0 Å². The van der Waals surface area contributed by atoms with Crippen molar-refractivity contribution in [2.75, 3.05) is 20.6 Å². The smallest absolute Gasteiger partial charge is 0.305 e. The minimum Gasteiger partial charge on any atom is -0.481 e. The monoisotopic (exact) mass is 230 g/mol. The van der Waals surface area contributed by atoms with Gasteiger partial charge < -0.3 is 10.4 Å². The van der Waals surface area contributed by atoms with E-state index in [2.05, 4.69) is 19.2 Å². The molecule has 0 spiro atoms. The van der Waals surface area contributed by atoms with Gasteiger partial charge in [0, 0.05) is 6.54 Å². The second-order valence-electron chi connectivity index (χ2n) is 4.54. The van der Waals surface area contributed by atoms with Gasteiger partial charge in [0.25, 0.3) is 0 Å². The number of rotatable bonds is 7. The second-order valence-corrected chi connectivity index (χ2v) is 4.54. The Morgan fingerprint density at radius 1 is 1.31 bits per heavy atom. The van der Waals surface area contributed by atoms with Crippen LogP contribution in [0.2, 0.25) is 0 Å². The lowest BCUT2D eigenvalue weighted by atomic mass is 10.0. The number of nitrogens with one attached hydrogen (secondary N) is 1. The maximum absolute atomic E-state index is 11.8. The Morgan fingerprint density at radius 2 is 1.88 bits per heavy atom. The summed E-state index contributed by atoms with van der Waals surface area (Å²) in [6.07, 6.45) is 0.736. The van der Waals surface area contributed by atoms with Gasteiger partial charge in [0.05, 0.1) is 12.5 Å². The van der Waals surface area contributed by atoms with Crippen LogP contribution in [0.15, 0.2) is 0 Å². The Balaban J connectivity index is 4.12. The van der Waals surface area contributed by atoms with Gasteiger partial charge in [-0.05, 0) is 26.4 Å². The van der Waals surface area contributed by atoms with Crippen molar-refractivity contribution >= 4 is 11.9 Å². The van der Waals surface area contributed by atoms with Crippen LogP contribution in [-0.4, -0.2) is 48.6 Å². The SMILES string of the molecule is CC(C)CC(C(=O)NCCC(=O)O)N(C)C. The van der Waals surface area contributed by atoms with E-state index in [1.807, 2.05) is 19.0 Å². The average Bonchev–Trinajstić information content (AvgIpc) is 2.12. The van der Waals surface area contributed by atoms with Crippen molar-refractivity contribution in [3.05, 3.63) is 0 Å². The fraction of sp³-hybridized carbons (Fsp3) is 0.818.